The van der Waals surface area contributed by atoms with Crippen molar-refractivity contribution in [1.29, 1.82) is 0 Å². The molecule has 1 saturated heterocycles. The Labute approximate surface area is 153 Å². The first-order valence-corrected chi connectivity index (χ1v) is 8.89. The Bertz CT molecular complexity index is 709. The monoisotopic (exact) mass is 410 g/mol. The highest BCUT2D eigenvalue weighted by Gasteiger charge is 2.46. The van der Waals surface area contributed by atoms with E-state index in [-0.39, 0.29) is 42.5 Å². The van der Waals surface area contributed by atoms with Crippen LogP contribution in [0.25, 0.3) is 0 Å². The van der Waals surface area contributed by atoms with Crippen molar-refractivity contribution in [2.75, 3.05) is 11.9 Å². The van der Waals surface area contributed by atoms with E-state index in [4.69, 9.17) is 11.6 Å². The summed E-state index contributed by atoms with van der Waals surface area (Å²) in [6.45, 7) is 0.102. The minimum atomic E-state index is -0.284. The molecule has 0 spiro atoms. The summed E-state index contributed by atoms with van der Waals surface area (Å²) >= 11 is 9.36. The Kier molecular flexibility index (Phi) is 5.06. The SMILES string of the molecule is O=C(CCN1C(=O)[C@H]2CC=CC[C@@H]2C1=O)Nc1ccc(Br)cc1Cl. The zero-order chi connectivity index (χ0) is 17.3. The van der Waals surface area contributed by atoms with Crippen LogP contribution in [-0.2, 0) is 14.4 Å². The number of rotatable bonds is 4. The summed E-state index contributed by atoms with van der Waals surface area (Å²) < 4.78 is 0.815. The van der Waals surface area contributed by atoms with Crippen molar-refractivity contribution >= 4 is 50.9 Å². The average Bonchev–Trinajstić information content (AvgIpc) is 2.80. The van der Waals surface area contributed by atoms with E-state index in [0.29, 0.717) is 23.6 Å². The molecule has 5 nitrogen and oxygen atoms in total. The second-order valence-corrected chi connectivity index (χ2v) is 7.23. The average molecular weight is 412 g/mol. The number of carbonyl (C=O) groups is 3. The second kappa shape index (κ2) is 7.07. The molecular weight excluding hydrogens is 396 g/mol. The van der Waals surface area contributed by atoms with E-state index >= 15 is 0 Å². The van der Waals surface area contributed by atoms with Gasteiger partial charge in [0.25, 0.3) is 0 Å². The van der Waals surface area contributed by atoms with Gasteiger partial charge in [0, 0.05) is 17.4 Å². The lowest BCUT2D eigenvalue weighted by Gasteiger charge is -2.14. The molecule has 1 aromatic carbocycles. The molecule has 0 radical (unpaired) electrons. The fourth-order valence-corrected chi connectivity index (χ4v) is 3.83. The Morgan fingerprint density at radius 2 is 1.83 bits per heavy atom. The molecule has 2 aliphatic rings. The van der Waals surface area contributed by atoms with Gasteiger partial charge in [-0.05, 0) is 31.0 Å². The largest absolute Gasteiger partial charge is 0.325 e. The van der Waals surface area contributed by atoms with Crippen LogP contribution in [0.3, 0.4) is 0 Å². The van der Waals surface area contributed by atoms with Crippen molar-refractivity contribution < 1.29 is 14.4 Å². The van der Waals surface area contributed by atoms with Gasteiger partial charge in [-0.15, -0.1) is 0 Å². The van der Waals surface area contributed by atoms with Gasteiger partial charge in [0.15, 0.2) is 0 Å². The zero-order valence-electron chi connectivity index (χ0n) is 12.8. The predicted molar refractivity (Wildman–Crippen MR) is 94.5 cm³/mol. The highest BCUT2D eigenvalue weighted by molar-refractivity contribution is 9.10. The number of anilines is 1. The molecular formula is C17H16BrClN2O3. The lowest BCUT2D eigenvalue weighted by molar-refractivity contribution is -0.140. The number of halogens is 2. The van der Waals surface area contributed by atoms with Gasteiger partial charge in [0.1, 0.15) is 0 Å². The van der Waals surface area contributed by atoms with E-state index in [2.05, 4.69) is 21.2 Å². The predicted octanol–water partition coefficient (Wildman–Crippen LogP) is 3.38. The number of benzene rings is 1. The molecule has 1 heterocycles. The van der Waals surface area contributed by atoms with Gasteiger partial charge < -0.3 is 5.32 Å². The first-order valence-electron chi connectivity index (χ1n) is 7.72. The maximum Gasteiger partial charge on any atom is 0.233 e. The number of hydrogen-bond donors (Lipinski definition) is 1. The van der Waals surface area contributed by atoms with Crippen molar-refractivity contribution in [2.45, 2.75) is 19.3 Å². The molecule has 7 heteroatoms. The van der Waals surface area contributed by atoms with Gasteiger partial charge in [-0.25, -0.2) is 0 Å². The quantitative estimate of drug-likeness (QED) is 0.610. The number of imide groups is 1. The number of fused-ring (bicyclic) bond motifs is 1. The third-order valence-corrected chi connectivity index (χ3v) is 5.17. The van der Waals surface area contributed by atoms with Gasteiger partial charge >= 0.3 is 0 Å². The fraction of sp³-hybridized carbons (Fsp3) is 0.353. The summed E-state index contributed by atoms with van der Waals surface area (Å²) in [7, 11) is 0. The van der Waals surface area contributed by atoms with Crippen LogP contribution in [0.1, 0.15) is 19.3 Å². The van der Waals surface area contributed by atoms with Crippen LogP contribution < -0.4 is 5.32 Å². The summed E-state index contributed by atoms with van der Waals surface area (Å²) in [4.78, 5) is 38.0. The van der Waals surface area contributed by atoms with Crippen molar-refractivity contribution in [3.05, 3.63) is 39.8 Å². The number of likely N-dealkylation sites (tertiary alicyclic amines) is 1. The molecule has 1 aliphatic heterocycles. The number of allylic oxidation sites excluding steroid dienone is 2. The van der Waals surface area contributed by atoms with Crippen LogP contribution in [-0.4, -0.2) is 29.2 Å². The highest BCUT2D eigenvalue weighted by atomic mass is 79.9. The molecule has 1 aromatic rings. The number of hydrogen-bond acceptors (Lipinski definition) is 3. The van der Waals surface area contributed by atoms with E-state index in [1.54, 1.807) is 18.2 Å². The second-order valence-electron chi connectivity index (χ2n) is 5.91. The molecule has 2 atom stereocenters. The van der Waals surface area contributed by atoms with E-state index in [1.165, 1.54) is 4.90 Å². The lowest BCUT2D eigenvalue weighted by atomic mass is 9.85. The maximum atomic E-state index is 12.3. The first kappa shape index (κ1) is 17.2. The summed E-state index contributed by atoms with van der Waals surface area (Å²) in [6, 6.07) is 5.14. The normalized spacial score (nSPS) is 22.7. The first-order chi connectivity index (χ1) is 11.5. The number of amides is 3. The van der Waals surface area contributed by atoms with E-state index < -0.39 is 0 Å². The van der Waals surface area contributed by atoms with Gasteiger partial charge in [-0.3, -0.25) is 19.3 Å². The molecule has 3 rings (SSSR count). The van der Waals surface area contributed by atoms with Crippen molar-refractivity contribution in [3.8, 4) is 0 Å². The molecule has 24 heavy (non-hydrogen) atoms. The lowest BCUT2D eigenvalue weighted by Crippen LogP contribution is -2.34. The van der Waals surface area contributed by atoms with Crippen molar-refractivity contribution in [1.82, 2.24) is 4.90 Å². The summed E-state index contributed by atoms with van der Waals surface area (Å²) in [6.07, 6.45) is 5.14. The van der Waals surface area contributed by atoms with Gasteiger partial charge in [-0.2, -0.15) is 0 Å². The topological polar surface area (TPSA) is 66.5 Å². The Morgan fingerprint density at radius 3 is 2.42 bits per heavy atom. The molecule has 0 unspecified atom stereocenters. The molecule has 0 saturated carbocycles. The summed E-state index contributed by atoms with van der Waals surface area (Å²) in [5, 5.41) is 3.12. The van der Waals surface area contributed by atoms with E-state index in [0.717, 1.165) is 4.47 Å². The smallest absolute Gasteiger partial charge is 0.233 e. The Balaban J connectivity index is 1.58. The third kappa shape index (κ3) is 3.39. The molecule has 1 aliphatic carbocycles. The minimum Gasteiger partial charge on any atom is -0.325 e. The molecule has 1 N–H and O–H groups in total. The van der Waals surface area contributed by atoms with Crippen LogP contribution in [0.15, 0.2) is 34.8 Å². The summed E-state index contributed by atoms with van der Waals surface area (Å²) in [5.41, 5.74) is 0.502. The van der Waals surface area contributed by atoms with E-state index in [9.17, 15) is 14.4 Å². The minimum absolute atomic E-state index is 0.0523. The van der Waals surface area contributed by atoms with Crippen LogP contribution >= 0.6 is 27.5 Å². The van der Waals surface area contributed by atoms with E-state index in [1.807, 2.05) is 12.2 Å². The third-order valence-electron chi connectivity index (χ3n) is 4.37. The van der Waals surface area contributed by atoms with Crippen LogP contribution in [0.5, 0.6) is 0 Å². The molecule has 126 valence electrons. The molecule has 0 bridgehead atoms. The highest BCUT2D eigenvalue weighted by Crippen LogP contribution is 2.35. The number of nitrogens with one attached hydrogen (secondary N) is 1. The molecule has 0 aromatic heterocycles. The Hall–Kier alpha value is -1.66. The molecule has 1 fully saturated rings. The van der Waals surface area contributed by atoms with Gasteiger partial charge in [0.05, 0.1) is 22.5 Å². The summed E-state index contributed by atoms with van der Waals surface area (Å²) in [5.74, 6) is -1.13. The standard InChI is InChI=1S/C17H16BrClN2O3/c18-10-5-6-14(13(19)9-10)20-15(22)7-8-21-16(23)11-3-1-2-4-12(11)17(21)24/h1-2,5-6,9,11-12H,3-4,7-8H2,(H,20,22)/t11-,12-/m0/s1. The van der Waals surface area contributed by atoms with Crippen molar-refractivity contribution in [2.24, 2.45) is 11.8 Å². The van der Waals surface area contributed by atoms with Crippen LogP contribution in [0.2, 0.25) is 5.02 Å². The fourth-order valence-electron chi connectivity index (χ4n) is 3.11. The maximum absolute atomic E-state index is 12.3. The van der Waals surface area contributed by atoms with Gasteiger partial charge in [-0.1, -0.05) is 39.7 Å². The van der Waals surface area contributed by atoms with Crippen LogP contribution in [0, 0.1) is 11.8 Å². The number of nitrogens with zero attached hydrogens (tertiary/aromatic N) is 1. The Morgan fingerprint density at radius 1 is 1.21 bits per heavy atom. The van der Waals surface area contributed by atoms with Crippen LogP contribution in [0.4, 0.5) is 5.69 Å². The van der Waals surface area contributed by atoms with Crippen molar-refractivity contribution in [3.63, 3.8) is 0 Å². The number of carbonyl (C=O) groups excluding carboxylic acids is 3. The molecule has 3 amide bonds. The zero-order valence-corrected chi connectivity index (χ0v) is 15.1. The van der Waals surface area contributed by atoms with Gasteiger partial charge in [0.2, 0.25) is 17.7 Å².